The molecule has 0 fully saturated rings. The molecule has 0 atom stereocenters. The minimum absolute atomic E-state index is 0.335. The summed E-state index contributed by atoms with van der Waals surface area (Å²) in [4.78, 5) is 11.0. The summed E-state index contributed by atoms with van der Waals surface area (Å²) in [7, 11) is 0. The lowest BCUT2D eigenvalue weighted by molar-refractivity contribution is 0.0696. The number of carbonyl (C=O) groups is 1. The fourth-order valence-electron chi connectivity index (χ4n) is 1.75. The van der Waals surface area contributed by atoms with Crippen LogP contribution in [0.5, 0.6) is 0 Å². The van der Waals surface area contributed by atoms with Crippen LogP contribution < -0.4 is 0 Å². The smallest absolute Gasteiger partial charge is 0.337 e. The van der Waals surface area contributed by atoms with Crippen molar-refractivity contribution in [1.29, 1.82) is 0 Å². The minimum Gasteiger partial charge on any atom is -0.478 e. The highest BCUT2D eigenvalue weighted by Gasteiger charge is 2.12. The van der Waals surface area contributed by atoms with Crippen molar-refractivity contribution in [2.45, 2.75) is 13.8 Å². The van der Waals surface area contributed by atoms with E-state index < -0.39 is 5.97 Å². The molecule has 0 saturated heterocycles. The van der Waals surface area contributed by atoms with Crippen molar-refractivity contribution in [2.24, 2.45) is 0 Å². The van der Waals surface area contributed by atoms with Crippen molar-refractivity contribution in [3.05, 3.63) is 51.8 Å². The molecule has 0 bridgehead atoms. The number of halogens is 1. The third-order valence-corrected chi connectivity index (χ3v) is 3.66. The lowest BCUT2D eigenvalue weighted by Gasteiger charge is -2.08. The molecule has 1 aromatic carbocycles. The average molecular weight is 294 g/mol. The number of nitrogens with zero attached hydrogens (tertiary/aromatic N) is 1. The molecular formula is C13H12BrNO2. The lowest BCUT2D eigenvalue weighted by atomic mass is 10.2. The number of rotatable bonds is 2. The normalized spacial score (nSPS) is 10.5. The van der Waals surface area contributed by atoms with Crippen LogP contribution in [0, 0.1) is 13.8 Å². The largest absolute Gasteiger partial charge is 0.478 e. The Kier molecular flexibility index (Phi) is 3.07. The van der Waals surface area contributed by atoms with Crippen molar-refractivity contribution in [1.82, 2.24) is 4.57 Å². The Morgan fingerprint density at radius 2 is 2.00 bits per heavy atom. The highest BCUT2D eigenvalue weighted by Crippen LogP contribution is 2.22. The van der Waals surface area contributed by atoms with Crippen LogP contribution in [0.15, 0.2) is 34.9 Å². The number of hydrogen-bond donors (Lipinski definition) is 1. The molecule has 17 heavy (non-hydrogen) atoms. The van der Waals surface area contributed by atoms with Gasteiger partial charge in [0.05, 0.1) is 5.56 Å². The van der Waals surface area contributed by atoms with Gasteiger partial charge in [-0.25, -0.2) is 4.79 Å². The van der Waals surface area contributed by atoms with Gasteiger partial charge in [-0.05, 0) is 37.6 Å². The maximum absolute atomic E-state index is 11.0. The summed E-state index contributed by atoms with van der Waals surface area (Å²) >= 11 is 3.47. The van der Waals surface area contributed by atoms with E-state index >= 15 is 0 Å². The Balaban J connectivity index is 2.53. The van der Waals surface area contributed by atoms with E-state index in [1.54, 1.807) is 19.2 Å². The summed E-state index contributed by atoms with van der Waals surface area (Å²) in [5.74, 6) is -0.896. The first-order valence-electron chi connectivity index (χ1n) is 5.18. The van der Waals surface area contributed by atoms with Gasteiger partial charge < -0.3 is 9.67 Å². The van der Waals surface area contributed by atoms with E-state index in [9.17, 15) is 4.79 Å². The van der Waals surface area contributed by atoms with Crippen molar-refractivity contribution in [2.75, 3.05) is 0 Å². The second kappa shape index (κ2) is 4.37. The maximum atomic E-state index is 11.0. The molecule has 1 aromatic heterocycles. The second-order valence-electron chi connectivity index (χ2n) is 3.92. The third kappa shape index (κ3) is 2.13. The summed E-state index contributed by atoms with van der Waals surface area (Å²) in [6.07, 6.45) is 1.77. The molecular weight excluding hydrogens is 282 g/mol. The molecule has 0 saturated carbocycles. The van der Waals surface area contributed by atoms with Gasteiger partial charge in [-0.1, -0.05) is 22.0 Å². The molecule has 2 rings (SSSR count). The Morgan fingerprint density at radius 3 is 2.53 bits per heavy atom. The van der Waals surface area contributed by atoms with Gasteiger partial charge in [0, 0.05) is 22.1 Å². The van der Waals surface area contributed by atoms with Gasteiger partial charge in [-0.2, -0.15) is 0 Å². The van der Waals surface area contributed by atoms with E-state index in [0.29, 0.717) is 5.56 Å². The Bertz CT molecular complexity index is 587. The molecule has 0 aliphatic heterocycles. The van der Waals surface area contributed by atoms with Crippen LogP contribution in [0.1, 0.15) is 21.6 Å². The predicted octanol–water partition coefficient (Wildman–Crippen LogP) is 3.55. The van der Waals surface area contributed by atoms with Gasteiger partial charge in [0.2, 0.25) is 0 Å². The van der Waals surface area contributed by atoms with E-state index in [4.69, 9.17) is 5.11 Å². The number of aromatic carboxylic acids is 1. The summed E-state index contributed by atoms with van der Waals surface area (Å²) in [5.41, 5.74) is 3.17. The van der Waals surface area contributed by atoms with Gasteiger partial charge in [0.1, 0.15) is 0 Å². The number of carboxylic acids is 1. The Labute approximate surface area is 108 Å². The fourth-order valence-corrected chi connectivity index (χ4v) is 2.12. The molecule has 3 nitrogen and oxygen atoms in total. The quantitative estimate of drug-likeness (QED) is 0.920. The molecule has 4 heteroatoms. The number of hydrogen-bond acceptors (Lipinski definition) is 1. The summed E-state index contributed by atoms with van der Waals surface area (Å²) in [6.45, 7) is 3.82. The molecule has 88 valence electrons. The van der Waals surface area contributed by atoms with Crippen molar-refractivity contribution >= 4 is 21.9 Å². The lowest BCUT2D eigenvalue weighted by Crippen LogP contribution is -2.01. The first kappa shape index (κ1) is 11.9. The standard InChI is InChI=1S/C13H12BrNO2/c1-8-3-4-10(7-12(8)14)15-6-5-11(9(15)2)13(16)17/h3-7H,1-2H3,(H,16,17). The zero-order chi connectivity index (χ0) is 12.6. The Hall–Kier alpha value is -1.55. The van der Waals surface area contributed by atoms with E-state index in [1.807, 2.05) is 29.7 Å². The van der Waals surface area contributed by atoms with Crippen molar-refractivity contribution in [3.63, 3.8) is 0 Å². The van der Waals surface area contributed by atoms with Crippen LogP contribution in [0.2, 0.25) is 0 Å². The van der Waals surface area contributed by atoms with Gasteiger partial charge in [-0.15, -0.1) is 0 Å². The maximum Gasteiger partial charge on any atom is 0.337 e. The molecule has 0 aliphatic rings. The molecule has 2 aromatic rings. The van der Waals surface area contributed by atoms with Crippen LogP contribution in [0.25, 0.3) is 5.69 Å². The number of aromatic nitrogens is 1. The molecule has 0 unspecified atom stereocenters. The van der Waals surface area contributed by atoms with Crippen molar-refractivity contribution < 1.29 is 9.90 Å². The average Bonchev–Trinajstić information content (AvgIpc) is 2.64. The Morgan fingerprint density at radius 1 is 1.29 bits per heavy atom. The highest BCUT2D eigenvalue weighted by atomic mass is 79.9. The molecule has 1 N–H and O–H groups in total. The van der Waals surface area contributed by atoms with Gasteiger partial charge in [0.15, 0.2) is 0 Å². The SMILES string of the molecule is Cc1ccc(-n2ccc(C(=O)O)c2C)cc1Br. The highest BCUT2D eigenvalue weighted by molar-refractivity contribution is 9.10. The monoisotopic (exact) mass is 293 g/mol. The van der Waals surface area contributed by atoms with Crippen LogP contribution in [-0.2, 0) is 0 Å². The molecule has 1 heterocycles. The summed E-state index contributed by atoms with van der Waals surface area (Å²) in [5, 5.41) is 9.00. The van der Waals surface area contributed by atoms with E-state index in [1.165, 1.54) is 0 Å². The van der Waals surface area contributed by atoms with Crippen LogP contribution >= 0.6 is 15.9 Å². The van der Waals surface area contributed by atoms with Gasteiger partial charge in [-0.3, -0.25) is 0 Å². The molecule has 0 amide bonds. The number of carboxylic acid groups (broad SMARTS) is 1. The van der Waals surface area contributed by atoms with Crippen LogP contribution in [-0.4, -0.2) is 15.6 Å². The molecule has 0 radical (unpaired) electrons. The predicted molar refractivity (Wildman–Crippen MR) is 69.9 cm³/mol. The van der Waals surface area contributed by atoms with E-state index in [0.717, 1.165) is 21.4 Å². The first-order chi connectivity index (χ1) is 8.00. The van der Waals surface area contributed by atoms with Gasteiger partial charge >= 0.3 is 5.97 Å². The topological polar surface area (TPSA) is 42.2 Å². The fraction of sp³-hybridized carbons (Fsp3) is 0.154. The van der Waals surface area contributed by atoms with E-state index in [2.05, 4.69) is 15.9 Å². The zero-order valence-electron chi connectivity index (χ0n) is 9.57. The second-order valence-corrected chi connectivity index (χ2v) is 4.78. The molecule has 0 spiro atoms. The number of aryl methyl sites for hydroxylation is 1. The zero-order valence-corrected chi connectivity index (χ0v) is 11.2. The van der Waals surface area contributed by atoms with Crippen LogP contribution in [0.3, 0.4) is 0 Å². The summed E-state index contributed by atoms with van der Waals surface area (Å²) < 4.78 is 2.88. The summed E-state index contributed by atoms with van der Waals surface area (Å²) in [6, 6.07) is 7.57. The molecule has 0 aliphatic carbocycles. The van der Waals surface area contributed by atoms with Crippen molar-refractivity contribution in [3.8, 4) is 5.69 Å². The van der Waals surface area contributed by atoms with E-state index in [-0.39, 0.29) is 0 Å². The van der Waals surface area contributed by atoms with Crippen LogP contribution in [0.4, 0.5) is 0 Å². The minimum atomic E-state index is -0.896. The van der Waals surface area contributed by atoms with Gasteiger partial charge in [0.25, 0.3) is 0 Å². The number of benzene rings is 1. The first-order valence-corrected chi connectivity index (χ1v) is 5.98. The third-order valence-electron chi connectivity index (χ3n) is 2.81.